The predicted molar refractivity (Wildman–Crippen MR) is 78.9 cm³/mol. The van der Waals surface area contributed by atoms with E-state index in [4.69, 9.17) is 16.3 Å². The molecule has 0 saturated heterocycles. The molecule has 1 rings (SSSR count). The Bertz CT molecular complexity index is 480. The van der Waals surface area contributed by atoms with E-state index in [0.29, 0.717) is 10.7 Å². The number of rotatable bonds is 3. The summed E-state index contributed by atoms with van der Waals surface area (Å²) in [5.41, 5.74) is 0.133. The topological polar surface area (TPSA) is 67.4 Å². The number of esters is 1. The van der Waals surface area contributed by atoms with Gasteiger partial charge in [-0.1, -0.05) is 32.4 Å². The lowest BCUT2D eigenvalue weighted by Crippen LogP contribution is -2.50. The van der Waals surface area contributed by atoms with Crippen molar-refractivity contribution in [1.82, 2.24) is 5.32 Å². The van der Waals surface area contributed by atoms with Crippen LogP contribution in [0.2, 0.25) is 5.02 Å². The number of anilines is 1. The first kappa shape index (κ1) is 16.3. The third kappa shape index (κ3) is 4.74. The molecule has 1 aromatic carbocycles. The number of amides is 2. The Hall–Kier alpha value is -1.75. The highest BCUT2D eigenvalue weighted by atomic mass is 35.5. The van der Waals surface area contributed by atoms with Crippen LogP contribution >= 0.6 is 11.6 Å². The van der Waals surface area contributed by atoms with Gasteiger partial charge in [0.25, 0.3) is 0 Å². The van der Waals surface area contributed by atoms with E-state index in [-0.39, 0.29) is 0 Å². The number of carbonyl (C=O) groups is 2. The zero-order valence-electron chi connectivity index (χ0n) is 12.0. The van der Waals surface area contributed by atoms with Gasteiger partial charge in [0.1, 0.15) is 6.04 Å². The van der Waals surface area contributed by atoms with Gasteiger partial charge in [-0.2, -0.15) is 0 Å². The summed E-state index contributed by atoms with van der Waals surface area (Å²) >= 11 is 5.76. The van der Waals surface area contributed by atoms with Crippen molar-refractivity contribution in [3.05, 3.63) is 29.3 Å². The zero-order chi connectivity index (χ0) is 15.3. The maximum atomic E-state index is 11.9. The number of ether oxygens (including phenoxy) is 1. The van der Waals surface area contributed by atoms with Crippen LogP contribution in [0.25, 0.3) is 0 Å². The van der Waals surface area contributed by atoms with Gasteiger partial charge in [0.05, 0.1) is 7.11 Å². The van der Waals surface area contributed by atoms with E-state index < -0.39 is 23.5 Å². The first-order chi connectivity index (χ1) is 9.24. The first-order valence-electron chi connectivity index (χ1n) is 6.15. The van der Waals surface area contributed by atoms with Crippen molar-refractivity contribution in [2.45, 2.75) is 26.8 Å². The number of hydrogen-bond donors (Lipinski definition) is 2. The molecule has 0 unspecified atom stereocenters. The average molecular weight is 299 g/mol. The van der Waals surface area contributed by atoms with Crippen LogP contribution in [-0.4, -0.2) is 25.2 Å². The largest absolute Gasteiger partial charge is 0.467 e. The molecule has 0 aliphatic rings. The lowest BCUT2D eigenvalue weighted by Gasteiger charge is -2.29. The number of halogens is 1. The number of carbonyl (C=O) groups excluding carboxylic acids is 2. The zero-order valence-corrected chi connectivity index (χ0v) is 12.7. The highest BCUT2D eigenvalue weighted by Crippen LogP contribution is 2.20. The fourth-order valence-electron chi connectivity index (χ4n) is 1.58. The monoisotopic (exact) mass is 298 g/mol. The Morgan fingerprint density at radius 1 is 1.20 bits per heavy atom. The van der Waals surface area contributed by atoms with Gasteiger partial charge in [0, 0.05) is 10.7 Å². The molecule has 0 aromatic heterocycles. The normalized spacial score (nSPS) is 12.4. The quantitative estimate of drug-likeness (QED) is 0.843. The number of methoxy groups -OCH3 is 1. The Labute approximate surface area is 123 Å². The molecule has 0 bridgehead atoms. The molecule has 2 N–H and O–H groups in total. The van der Waals surface area contributed by atoms with Gasteiger partial charge in [-0.25, -0.2) is 9.59 Å². The summed E-state index contributed by atoms with van der Waals surface area (Å²) in [5.74, 6) is -0.483. The lowest BCUT2D eigenvalue weighted by atomic mass is 9.87. The Morgan fingerprint density at radius 2 is 1.75 bits per heavy atom. The molecule has 0 heterocycles. The summed E-state index contributed by atoms with van der Waals surface area (Å²) in [5, 5.41) is 5.83. The van der Waals surface area contributed by atoms with E-state index >= 15 is 0 Å². The van der Waals surface area contributed by atoms with Gasteiger partial charge in [0.15, 0.2) is 0 Å². The van der Waals surface area contributed by atoms with Crippen LogP contribution in [0.4, 0.5) is 10.5 Å². The van der Waals surface area contributed by atoms with Crippen molar-refractivity contribution in [3.8, 4) is 0 Å². The number of hydrogen-bond acceptors (Lipinski definition) is 3. The molecule has 1 atom stereocenters. The smallest absolute Gasteiger partial charge is 0.328 e. The first-order valence-corrected chi connectivity index (χ1v) is 6.52. The molecule has 6 heteroatoms. The molecule has 0 radical (unpaired) electrons. The van der Waals surface area contributed by atoms with Crippen LogP contribution in [0.5, 0.6) is 0 Å². The third-order valence-electron chi connectivity index (χ3n) is 2.68. The molecule has 0 fully saturated rings. The molecule has 2 amide bonds. The van der Waals surface area contributed by atoms with Crippen LogP contribution < -0.4 is 10.6 Å². The maximum Gasteiger partial charge on any atom is 0.328 e. The molecule has 5 nitrogen and oxygen atoms in total. The van der Waals surface area contributed by atoms with Crippen LogP contribution in [0.15, 0.2) is 24.3 Å². The van der Waals surface area contributed by atoms with Gasteiger partial charge in [-0.05, 0) is 29.7 Å². The van der Waals surface area contributed by atoms with Crippen molar-refractivity contribution < 1.29 is 14.3 Å². The van der Waals surface area contributed by atoms with Gasteiger partial charge < -0.3 is 15.4 Å². The summed E-state index contributed by atoms with van der Waals surface area (Å²) in [6, 6.07) is 5.47. The van der Waals surface area contributed by atoms with Gasteiger partial charge in [0.2, 0.25) is 0 Å². The Morgan fingerprint density at radius 3 is 2.20 bits per heavy atom. The molecule has 0 saturated carbocycles. The van der Waals surface area contributed by atoms with Crippen LogP contribution in [0.3, 0.4) is 0 Å². The van der Waals surface area contributed by atoms with E-state index in [2.05, 4.69) is 10.6 Å². The Kier molecular flexibility index (Phi) is 5.39. The van der Waals surface area contributed by atoms with Crippen LogP contribution in [0, 0.1) is 5.41 Å². The molecule has 0 aliphatic carbocycles. The van der Waals surface area contributed by atoms with Crippen LogP contribution in [0.1, 0.15) is 20.8 Å². The SMILES string of the molecule is COC(=O)[C@@H](NC(=O)Nc1ccc(Cl)cc1)C(C)(C)C. The van der Waals surface area contributed by atoms with Crippen molar-refractivity contribution in [1.29, 1.82) is 0 Å². The molecular weight excluding hydrogens is 280 g/mol. The van der Waals surface area contributed by atoms with E-state index in [1.807, 2.05) is 20.8 Å². The molecule has 0 aliphatic heterocycles. The fraction of sp³-hybridized carbons (Fsp3) is 0.429. The molecule has 1 aromatic rings. The minimum Gasteiger partial charge on any atom is -0.467 e. The summed E-state index contributed by atoms with van der Waals surface area (Å²) < 4.78 is 4.71. The Balaban J connectivity index is 2.72. The summed E-state index contributed by atoms with van der Waals surface area (Å²) in [6.45, 7) is 5.53. The van der Waals surface area contributed by atoms with Crippen LogP contribution in [-0.2, 0) is 9.53 Å². The predicted octanol–water partition coefficient (Wildman–Crippen LogP) is 3.05. The van der Waals surface area contributed by atoms with Crippen molar-refractivity contribution in [2.75, 3.05) is 12.4 Å². The average Bonchev–Trinajstić information content (AvgIpc) is 2.36. The fourth-order valence-corrected chi connectivity index (χ4v) is 1.70. The van der Waals surface area contributed by atoms with Gasteiger partial charge >= 0.3 is 12.0 Å². The highest BCUT2D eigenvalue weighted by Gasteiger charge is 2.33. The highest BCUT2D eigenvalue weighted by molar-refractivity contribution is 6.30. The lowest BCUT2D eigenvalue weighted by molar-refractivity contribution is -0.145. The van der Waals surface area contributed by atoms with Crippen molar-refractivity contribution >= 4 is 29.3 Å². The van der Waals surface area contributed by atoms with Crippen molar-refractivity contribution in [2.24, 2.45) is 5.41 Å². The minimum absolute atomic E-state index is 0.454. The summed E-state index contributed by atoms with van der Waals surface area (Å²) in [4.78, 5) is 23.6. The molecule has 20 heavy (non-hydrogen) atoms. The van der Waals surface area contributed by atoms with Crippen molar-refractivity contribution in [3.63, 3.8) is 0 Å². The van der Waals surface area contributed by atoms with Gasteiger partial charge in [-0.3, -0.25) is 0 Å². The minimum atomic E-state index is -0.736. The second kappa shape index (κ2) is 6.61. The molecular formula is C14H19ClN2O3. The second-order valence-electron chi connectivity index (χ2n) is 5.43. The standard InChI is InChI=1S/C14H19ClN2O3/c1-14(2,3)11(12(18)20-4)17-13(19)16-10-7-5-9(15)6-8-10/h5-8,11H,1-4H3,(H2,16,17,19)/t11-/m1/s1. The van der Waals surface area contributed by atoms with E-state index in [1.165, 1.54) is 7.11 Å². The van der Waals surface area contributed by atoms with E-state index in [9.17, 15) is 9.59 Å². The second-order valence-corrected chi connectivity index (χ2v) is 5.86. The van der Waals surface area contributed by atoms with Gasteiger partial charge in [-0.15, -0.1) is 0 Å². The number of urea groups is 1. The third-order valence-corrected chi connectivity index (χ3v) is 2.93. The molecule has 110 valence electrons. The number of benzene rings is 1. The molecule has 0 spiro atoms. The van der Waals surface area contributed by atoms with E-state index in [1.54, 1.807) is 24.3 Å². The number of nitrogens with one attached hydrogen (secondary N) is 2. The maximum absolute atomic E-state index is 11.9. The van der Waals surface area contributed by atoms with E-state index in [0.717, 1.165) is 0 Å². The summed E-state index contributed by atoms with van der Waals surface area (Å²) in [7, 11) is 1.29. The summed E-state index contributed by atoms with van der Waals surface area (Å²) in [6.07, 6.45) is 0.